The maximum absolute atomic E-state index is 11.6. The average molecular weight is 252 g/mol. The molecule has 0 spiro atoms. The van der Waals surface area contributed by atoms with E-state index in [9.17, 15) is 9.59 Å². The van der Waals surface area contributed by atoms with Crippen molar-refractivity contribution < 1.29 is 14.3 Å². The van der Waals surface area contributed by atoms with Crippen LogP contribution in [0.3, 0.4) is 0 Å². The quantitative estimate of drug-likeness (QED) is 0.576. The van der Waals surface area contributed by atoms with Gasteiger partial charge in [0.05, 0.1) is 7.11 Å². The van der Waals surface area contributed by atoms with Gasteiger partial charge in [0.2, 0.25) is 0 Å². The molecule has 4 heteroatoms. The summed E-state index contributed by atoms with van der Waals surface area (Å²) in [6, 6.07) is 9.54. The minimum atomic E-state index is -0.449. The van der Waals surface area contributed by atoms with E-state index >= 15 is 0 Å². The van der Waals surface area contributed by atoms with Crippen LogP contribution in [0.25, 0.3) is 0 Å². The highest BCUT2D eigenvalue weighted by molar-refractivity contribution is 8.00. The molecule has 0 amide bonds. The predicted octanol–water partition coefficient (Wildman–Crippen LogP) is 2.69. The fourth-order valence-electron chi connectivity index (χ4n) is 1.32. The third-order valence-electron chi connectivity index (χ3n) is 2.29. The number of thioether (sulfide) groups is 1. The SMILES string of the molecule is CCC(=O)CC(Sc1ccccc1)C(=O)OC. The van der Waals surface area contributed by atoms with Crippen molar-refractivity contribution in [2.45, 2.75) is 29.9 Å². The number of hydrogen-bond acceptors (Lipinski definition) is 4. The Bertz CT molecular complexity index is 376. The first-order chi connectivity index (χ1) is 8.17. The Morgan fingerprint density at radius 2 is 1.94 bits per heavy atom. The summed E-state index contributed by atoms with van der Waals surface area (Å²) in [6.07, 6.45) is 0.672. The van der Waals surface area contributed by atoms with E-state index < -0.39 is 5.25 Å². The lowest BCUT2D eigenvalue weighted by atomic mass is 10.2. The van der Waals surface area contributed by atoms with Crippen LogP contribution in [-0.2, 0) is 14.3 Å². The summed E-state index contributed by atoms with van der Waals surface area (Å²) in [4.78, 5) is 23.9. The summed E-state index contributed by atoms with van der Waals surface area (Å²) >= 11 is 1.37. The van der Waals surface area contributed by atoms with Gasteiger partial charge in [-0.3, -0.25) is 9.59 Å². The number of hydrogen-bond donors (Lipinski definition) is 0. The molecule has 0 fully saturated rings. The van der Waals surface area contributed by atoms with Crippen LogP contribution in [0.1, 0.15) is 19.8 Å². The van der Waals surface area contributed by atoms with E-state index in [1.54, 1.807) is 6.92 Å². The lowest BCUT2D eigenvalue weighted by Gasteiger charge is -2.13. The number of ether oxygens (including phenoxy) is 1. The van der Waals surface area contributed by atoms with Gasteiger partial charge in [-0.25, -0.2) is 0 Å². The third-order valence-corrected chi connectivity index (χ3v) is 3.48. The Kier molecular flexibility index (Phi) is 5.77. The molecule has 17 heavy (non-hydrogen) atoms. The number of methoxy groups -OCH3 is 1. The van der Waals surface area contributed by atoms with Gasteiger partial charge >= 0.3 is 5.97 Å². The second kappa shape index (κ2) is 7.12. The molecule has 1 aromatic carbocycles. The van der Waals surface area contributed by atoms with Crippen molar-refractivity contribution >= 4 is 23.5 Å². The molecular weight excluding hydrogens is 236 g/mol. The molecule has 92 valence electrons. The van der Waals surface area contributed by atoms with Crippen molar-refractivity contribution in [3.05, 3.63) is 30.3 Å². The number of ketones is 1. The minimum Gasteiger partial charge on any atom is -0.468 e. The summed E-state index contributed by atoms with van der Waals surface area (Å²) in [5, 5.41) is -0.449. The fourth-order valence-corrected chi connectivity index (χ4v) is 2.42. The molecule has 0 aliphatic rings. The Hall–Kier alpha value is -1.29. The summed E-state index contributed by atoms with van der Waals surface area (Å²) in [7, 11) is 1.34. The zero-order valence-corrected chi connectivity index (χ0v) is 10.8. The first-order valence-corrected chi connectivity index (χ1v) is 6.36. The average Bonchev–Trinajstić information content (AvgIpc) is 2.38. The number of carbonyl (C=O) groups excluding carboxylic acids is 2. The number of benzene rings is 1. The molecular formula is C13H16O3S. The van der Waals surface area contributed by atoms with Gasteiger partial charge in [-0.1, -0.05) is 25.1 Å². The van der Waals surface area contributed by atoms with E-state index in [-0.39, 0.29) is 18.2 Å². The van der Waals surface area contributed by atoms with Crippen molar-refractivity contribution in [1.29, 1.82) is 0 Å². The van der Waals surface area contributed by atoms with Gasteiger partial charge < -0.3 is 4.74 Å². The molecule has 0 heterocycles. The molecule has 0 N–H and O–H groups in total. The van der Waals surface area contributed by atoms with Crippen molar-refractivity contribution in [1.82, 2.24) is 0 Å². The van der Waals surface area contributed by atoms with Gasteiger partial charge in [0.1, 0.15) is 11.0 Å². The van der Waals surface area contributed by atoms with Gasteiger partial charge in [-0.05, 0) is 12.1 Å². The molecule has 0 aliphatic carbocycles. The van der Waals surface area contributed by atoms with Crippen molar-refractivity contribution in [3.8, 4) is 0 Å². The molecule has 0 bridgehead atoms. The zero-order valence-electron chi connectivity index (χ0n) is 10.0. The van der Waals surface area contributed by atoms with E-state index in [1.807, 2.05) is 30.3 Å². The van der Waals surface area contributed by atoms with Crippen LogP contribution in [0.4, 0.5) is 0 Å². The first-order valence-electron chi connectivity index (χ1n) is 5.48. The van der Waals surface area contributed by atoms with Gasteiger partial charge in [0.15, 0.2) is 0 Å². The standard InChI is InChI=1S/C13H16O3S/c1-3-10(14)9-12(13(15)16-2)17-11-7-5-4-6-8-11/h4-8,12H,3,9H2,1-2H3. The molecule has 0 radical (unpaired) electrons. The van der Waals surface area contributed by atoms with Crippen molar-refractivity contribution in [2.75, 3.05) is 7.11 Å². The van der Waals surface area contributed by atoms with Gasteiger partial charge in [-0.15, -0.1) is 11.8 Å². The molecule has 1 aromatic rings. The van der Waals surface area contributed by atoms with Crippen LogP contribution in [0.15, 0.2) is 35.2 Å². The molecule has 1 rings (SSSR count). The predicted molar refractivity (Wildman–Crippen MR) is 68.0 cm³/mol. The lowest BCUT2D eigenvalue weighted by molar-refractivity contribution is -0.141. The molecule has 1 unspecified atom stereocenters. The van der Waals surface area contributed by atoms with Crippen LogP contribution in [0, 0.1) is 0 Å². The van der Waals surface area contributed by atoms with Crippen molar-refractivity contribution in [2.24, 2.45) is 0 Å². The third kappa shape index (κ3) is 4.61. The van der Waals surface area contributed by atoms with E-state index in [0.717, 1.165) is 4.90 Å². The van der Waals surface area contributed by atoms with E-state index in [1.165, 1.54) is 18.9 Å². The van der Waals surface area contributed by atoms with Gasteiger partial charge in [0, 0.05) is 17.7 Å². The number of esters is 1. The molecule has 1 atom stereocenters. The number of rotatable bonds is 6. The highest BCUT2D eigenvalue weighted by atomic mass is 32.2. The molecule has 0 aromatic heterocycles. The molecule has 0 saturated carbocycles. The summed E-state index contributed by atoms with van der Waals surface area (Å²) < 4.78 is 4.72. The van der Waals surface area contributed by atoms with E-state index in [4.69, 9.17) is 4.74 Å². The maximum atomic E-state index is 11.6. The molecule has 0 aliphatic heterocycles. The Morgan fingerprint density at radius 3 is 2.47 bits per heavy atom. The number of Topliss-reactive ketones (excluding diaryl/α,β-unsaturated/α-hetero) is 1. The summed E-state index contributed by atoms with van der Waals surface area (Å²) in [5.41, 5.74) is 0. The Labute approximate surface area is 106 Å². The lowest BCUT2D eigenvalue weighted by Crippen LogP contribution is -2.22. The summed E-state index contributed by atoms with van der Waals surface area (Å²) in [5.74, 6) is -0.274. The highest BCUT2D eigenvalue weighted by Gasteiger charge is 2.23. The minimum absolute atomic E-state index is 0.0730. The normalized spacial score (nSPS) is 11.9. The van der Waals surface area contributed by atoms with Crippen LogP contribution in [0.2, 0.25) is 0 Å². The largest absolute Gasteiger partial charge is 0.468 e. The van der Waals surface area contributed by atoms with Crippen LogP contribution in [0.5, 0.6) is 0 Å². The second-order valence-corrected chi connectivity index (χ2v) is 4.82. The van der Waals surface area contributed by atoms with E-state index in [0.29, 0.717) is 6.42 Å². The van der Waals surface area contributed by atoms with E-state index in [2.05, 4.69) is 0 Å². The smallest absolute Gasteiger partial charge is 0.319 e. The zero-order chi connectivity index (χ0) is 12.7. The van der Waals surface area contributed by atoms with Crippen LogP contribution in [-0.4, -0.2) is 24.1 Å². The van der Waals surface area contributed by atoms with Gasteiger partial charge in [-0.2, -0.15) is 0 Å². The fraction of sp³-hybridized carbons (Fsp3) is 0.385. The second-order valence-electron chi connectivity index (χ2n) is 3.54. The number of carbonyl (C=O) groups is 2. The monoisotopic (exact) mass is 252 g/mol. The van der Waals surface area contributed by atoms with Crippen molar-refractivity contribution in [3.63, 3.8) is 0 Å². The van der Waals surface area contributed by atoms with Crippen LogP contribution >= 0.6 is 11.8 Å². The summed E-state index contributed by atoms with van der Waals surface area (Å²) in [6.45, 7) is 1.80. The van der Waals surface area contributed by atoms with Crippen LogP contribution < -0.4 is 0 Å². The topological polar surface area (TPSA) is 43.4 Å². The first kappa shape index (κ1) is 13.8. The maximum Gasteiger partial charge on any atom is 0.319 e. The Morgan fingerprint density at radius 1 is 1.29 bits per heavy atom. The Balaban J connectivity index is 2.70. The van der Waals surface area contributed by atoms with Gasteiger partial charge in [0.25, 0.3) is 0 Å². The molecule has 3 nitrogen and oxygen atoms in total. The molecule has 0 saturated heterocycles. The highest BCUT2D eigenvalue weighted by Crippen LogP contribution is 2.26.